The van der Waals surface area contributed by atoms with Crippen LogP contribution in [0.5, 0.6) is 11.5 Å². The van der Waals surface area contributed by atoms with Crippen molar-refractivity contribution in [1.82, 2.24) is 9.88 Å². The Balaban J connectivity index is 1.77. The molecular formula is C24H25N3O7. The van der Waals surface area contributed by atoms with Crippen molar-refractivity contribution in [2.24, 2.45) is 0 Å². The Morgan fingerprint density at radius 1 is 1.06 bits per heavy atom. The average molecular weight is 467 g/mol. The van der Waals surface area contributed by atoms with Gasteiger partial charge in [0.15, 0.2) is 17.2 Å². The van der Waals surface area contributed by atoms with Crippen molar-refractivity contribution in [3.63, 3.8) is 0 Å². The van der Waals surface area contributed by atoms with Gasteiger partial charge in [0, 0.05) is 24.0 Å². The number of ether oxygens (including phenoxy) is 2. The van der Waals surface area contributed by atoms with Gasteiger partial charge in [-0.15, -0.1) is 0 Å². The molecule has 10 heteroatoms. The van der Waals surface area contributed by atoms with Gasteiger partial charge in [-0.05, 0) is 36.8 Å². The molecule has 3 aromatic rings. The van der Waals surface area contributed by atoms with Crippen LogP contribution in [-0.4, -0.2) is 53.0 Å². The number of carbonyl (C=O) groups excluding carboxylic acids is 2. The maximum atomic E-state index is 12.1. The number of hydrogen-bond donors (Lipinski definition) is 4. The summed E-state index contributed by atoms with van der Waals surface area (Å²) in [6, 6.07) is 12.8. The van der Waals surface area contributed by atoms with Crippen LogP contribution in [0, 0.1) is 0 Å². The smallest absolute Gasteiger partial charge is 0.355 e. The number of para-hydroxylation sites is 1. The van der Waals surface area contributed by atoms with Crippen LogP contribution in [0.2, 0.25) is 0 Å². The van der Waals surface area contributed by atoms with Crippen molar-refractivity contribution < 1.29 is 34.1 Å². The number of carboxylic acids is 1. The Morgan fingerprint density at radius 3 is 2.44 bits per heavy atom. The number of aromatic hydroxyl groups is 1. The van der Waals surface area contributed by atoms with Crippen LogP contribution in [0.25, 0.3) is 16.8 Å². The maximum Gasteiger partial charge on any atom is 0.355 e. The number of aromatic carboxylic acids is 1. The number of rotatable bonds is 9. The van der Waals surface area contributed by atoms with Crippen molar-refractivity contribution in [3.05, 3.63) is 60.4 Å². The van der Waals surface area contributed by atoms with Crippen LogP contribution >= 0.6 is 0 Å². The first-order valence-electron chi connectivity index (χ1n) is 10.5. The number of methoxy groups -OCH3 is 1. The Morgan fingerprint density at radius 2 is 1.79 bits per heavy atom. The van der Waals surface area contributed by atoms with Crippen LogP contribution < -0.4 is 15.4 Å². The highest BCUT2D eigenvalue weighted by atomic mass is 16.5. The molecular weight excluding hydrogens is 442 g/mol. The van der Waals surface area contributed by atoms with Gasteiger partial charge in [-0.3, -0.25) is 4.79 Å². The fourth-order valence-corrected chi connectivity index (χ4v) is 3.37. The minimum absolute atomic E-state index is 0.00323. The highest BCUT2D eigenvalue weighted by Gasteiger charge is 2.19. The molecule has 0 bridgehead atoms. The minimum atomic E-state index is -1.23. The van der Waals surface area contributed by atoms with Gasteiger partial charge in [-0.2, -0.15) is 0 Å². The van der Waals surface area contributed by atoms with Gasteiger partial charge in [0.25, 0.3) is 0 Å². The molecule has 0 unspecified atom stereocenters. The van der Waals surface area contributed by atoms with Gasteiger partial charge >= 0.3 is 18.0 Å². The molecule has 10 nitrogen and oxygen atoms in total. The molecule has 0 atom stereocenters. The van der Waals surface area contributed by atoms with Gasteiger partial charge in [-0.25, -0.2) is 9.59 Å². The normalized spacial score (nSPS) is 10.4. The summed E-state index contributed by atoms with van der Waals surface area (Å²) < 4.78 is 11.4. The summed E-state index contributed by atoms with van der Waals surface area (Å²) in [5, 5.41) is 25.1. The highest BCUT2D eigenvalue weighted by Crippen LogP contribution is 2.37. The second kappa shape index (κ2) is 10.9. The van der Waals surface area contributed by atoms with Gasteiger partial charge in [0.2, 0.25) is 0 Å². The number of carboxylic acid groups (broad SMARTS) is 1. The summed E-state index contributed by atoms with van der Waals surface area (Å²) in [7, 11) is 1.47. The molecule has 4 N–H and O–H groups in total. The number of nitrogens with one attached hydrogen (secondary N) is 2. The fraction of sp³-hybridized carbons (Fsp3) is 0.208. The average Bonchev–Trinajstić information content (AvgIpc) is 3.23. The van der Waals surface area contributed by atoms with E-state index in [0.717, 1.165) is 0 Å². The molecule has 0 aliphatic heterocycles. The number of esters is 1. The van der Waals surface area contributed by atoms with E-state index in [-0.39, 0.29) is 36.7 Å². The maximum absolute atomic E-state index is 12.1. The molecule has 178 valence electrons. The standard InChI is InChI=1S/C24H25N3O7/c1-3-34-20(28)11-13-25-24(32)26-18-12-14-27(21(18)23(30)31)16-9-7-15(8-10-16)17-5-4-6-19(33-2)22(17)29/h4-10,12,14,29H,3,11,13H2,1-2H3,(H,30,31)(H2,25,26,32). The number of urea groups is 1. The van der Waals surface area contributed by atoms with Crippen LogP contribution in [0.4, 0.5) is 10.5 Å². The predicted molar refractivity (Wildman–Crippen MR) is 125 cm³/mol. The first-order valence-corrected chi connectivity index (χ1v) is 10.5. The predicted octanol–water partition coefficient (Wildman–Crippen LogP) is 3.63. The lowest BCUT2D eigenvalue weighted by Gasteiger charge is -2.12. The summed E-state index contributed by atoms with van der Waals surface area (Å²) in [5.41, 5.74) is 1.77. The van der Waals surface area contributed by atoms with E-state index in [1.165, 1.54) is 23.9 Å². The third-order valence-electron chi connectivity index (χ3n) is 4.93. The summed E-state index contributed by atoms with van der Waals surface area (Å²) in [6.07, 6.45) is 1.53. The van der Waals surface area contributed by atoms with Crippen molar-refractivity contribution >= 4 is 23.7 Å². The van der Waals surface area contributed by atoms with Crippen LogP contribution in [-0.2, 0) is 9.53 Å². The van der Waals surface area contributed by atoms with Crippen molar-refractivity contribution in [3.8, 4) is 28.3 Å². The second-order valence-corrected chi connectivity index (χ2v) is 7.09. The van der Waals surface area contributed by atoms with Gasteiger partial charge in [0.1, 0.15) is 0 Å². The minimum Gasteiger partial charge on any atom is -0.504 e. The number of aromatic nitrogens is 1. The van der Waals surface area contributed by atoms with E-state index in [1.54, 1.807) is 49.4 Å². The van der Waals surface area contributed by atoms with Crippen molar-refractivity contribution in [1.29, 1.82) is 0 Å². The van der Waals surface area contributed by atoms with Gasteiger partial charge in [-0.1, -0.05) is 24.3 Å². The summed E-state index contributed by atoms with van der Waals surface area (Å²) in [5.74, 6) is -1.32. The number of carbonyl (C=O) groups is 3. The third-order valence-corrected chi connectivity index (χ3v) is 4.93. The monoisotopic (exact) mass is 467 g/mol. The number of hydrogen-bond acceptors (Lipinski definition) is 6. The first-order chi connectivity index (χ1) is 16.3. The number of phenols is 1. The van der Waals surface area contributed by atoms with E-state index >= 15 is 0 Å². The molecule has 0 spiro atoms. The summed E-state index contributed by atoms with van der Waals surface area (Å²) >= 11 is 0. The third kappa shape index (κ3) is 5.47. The molecule has 1 aromatic heterocycles. The largest absolute Gasteiger partial charge is 0.504 e. The zero-order valence-electron chi connectivity index (χ0n) is 18.7. The SMILES string of the molecule is CCOC(=O)CCNC(=O)Nc1ccn(-c2ccc(-c3cccc(OC)c3O)cc2)c1C(=O)O. The molecule has 1 heterocycles. The first kappa shape index (κ1) is 24.2. The van der Waals surface area contributed by atoms with Crippen molar-refractivity contribution in [2.75, 3.05) is 25.6 Å². The van der Waals surface area contributed by atoms with Crippen molar-refractivity contribution in [2.45, 2.75) is 13.3 Å². The molecule has 0 aliphatic carbocycles. The van der Waals surface area contributed by atoms with E-state index in [2.05, 4.69) is 10.6 Å². The molecule has 0 fully saturated rings. The molecule has 2 amide bonds. The number of nitrogens with zero attached hydrogens (tertiary/aromatic N) is 1. The Bertz CT molecular complexity index is 1190. The van der Waals surface area contributed by atoms with Gasteiger partial charge < -0.3 is 34.9 Å². The summed E-state index contributed by atoms with van der Waals surface area (Å²) in [6.45, 7) is 1.99. The fourth-order valence-electron chi connectivity index (χ4n) is 3.37. The second-order valence-electron chi connectivity index (χ2n) is 7.09. The zero-order valence-corrected chi connectivity index (χ0v) is 18.7. The van der Waals surface area contributed by atoms with E-state index in [9.17, 15) is 24.6 Å². The lowest BCUT2D eigenvalue weighted by Crippen LogP contribution is -2.31. The number of amides is 2. The molecule has 34 heavy (non-hydrogen) atoms. The Labute approximate surface area is 195 Å². The number of benzene rings is 2. The topological polar surface area (TPSA) is 139 Å². The van der Waals surface area contributed by atoms with Crippen LogP contribution in [0.3, 0.4) is 0 Å². The Hall–Kier alpha value is -4.47. The van der Waals surface area contributed by atoms with Crippen LogP contribution in [0.1, 0.15) is 23.8 Å². The van der Waals surface area contributed by atoms with E-state index in [4.69, 9.17) is 9.47 Å². The van der Waals surface area contributed by atoms with Crippen LogP contribution in [0.15, 0.2) is 54.7 Å². The zero-order chi connectivity index (χ0) is 24.7. The quantitative estimate of drug-likeness (QED) is 0.352. The molecule has 3 rings (SSSR count). The molecule has 0 radical (unpaired) electrons. The lowest BCUT2D eigenvalue weighted by atomic mass is 10.0. The molecule has 0 aliphatic rings. The van der Waals surface area contributed by atoms with E-state index in [1.807, 2.05) is 0 Å². The molecule has 2 aromatic carbocycles. The Kier molecular flexibility index (Phi) is 7.75. The lowest BCUT2D eigenvalue weighted by molar-refractivity contribution is -0.142. The molecule has 0 saturated carbocycles. The van der Waals surface area contributed by atoms with Gasteiger partial charge in [0.05, 0.1) is 25.8 Å². The van der Waals surface area contributed by atoms with E-state index in [0.29, 0.717) is 22.6 Å². The van der Waals surface area contributed by atoms with E-state index < -0.39 is 18.0 Å². The highest BCUT2D eigenvalue weighted by molar-refractivity contribution is 5.99. The number of anilines is 1. The molecule has 0 saturated heterocycles. The number of phenolic OH excluding ortho intramolecular Hbond substituents is 1. The summed E-state index contributed by atoms with van der Waals surface area (Å²) in [4.78, 5) is 35.4.